The zero-order valence-corrected chi connectivity index (χ0v) is 13.3. The first-order valence-electron chi connectivity index (χ1n) is 7.10. The van der Waals surface area contributed by atoms with Crippen molar-refractivity contribution in [2.75, 3.05) is 5.75 Å². The third-order valence-electron chi connectivity index (χ3n) is 2.67. The van der Waals surface area contributed by atoms with Crippen LogP contribution in [0.2, 0.25) is 0 Å². The fourth-order valence-corrected chi connectivity index (χ4v) is 1.99. The molecule has 0 N–H and O–H groups in total. The summed E-state index contributed by atoms with van der Waals surface area (Å²) >= 11 is 8.70. The van der Waals surface area contributed by atoms with Gasteiger partial charge in [0.05, 0.1) is 0 Å². The molecule has 0 rings (SSSR count). The summed E-state index contributed by atoms with van der Waals surface area (Å²) in [6, 6.07) is 0. The van der Waals surface area contributed by atoms with Gasteiger partial charge in [0.2, 0.25) is 0 Å². The van der Waals surface area contributed by atoms with Crippen LogP contribution >= 0.6 is 25.3 Å². The second kappa shape index (κ2) is 65.1. The Morgan fingerprint density at radius 2 is 0.875 bits per heavy atom. The third kappa shape index (κ3) is 66.3. The van der Waals surface area contributed by atoms with E-state index in [0.29, 0.717) is 5.25 Å². The van der Waals surface area contributed by atoms with E-state index < -0.39 is 0 Å². The largest absolute Gasteiger partial charge is 0.179 e. The molecule has 0 spiro atoms. The van der Waals surface area contributed by atoms with E-state index in [1.165, 1.54) is 57.8 Å². The minimum absolute atomic E-state index is 0. The van der Waals surface area contributed by atoms with Crippen molar-refractivity contribution in [3.63, 3.8) is 0 Å². The zero-order chi connectivity index (χ0) is 12.6. The van der Waals surface area contributed by atoms with Crippen LogP contribution < -0.4 is 0 Å². The van der Waals surface area contributed by atoms with Gasteiger partial charge in [0, 0.05) is 5.25 Å². The molecule has 0 saturated carbocycles. The van der Waals surface area contributed by atoms with E-state index in [1.54, 1.807) is 0 Å². The van der Waals surface area contributed by atoms with Crippen molar-refractivity contribution in [3.05, 3.63) is 0 Å². The maximum Gasteiger partial charge on any atom is 0.00141 e. The van der Waals surface area contributed by atoms with E-state index in [-0.39, 0.29) is 59.4 Å². The van der Waals surface area contributed by atoms with Crippen molar-refractivity contribution in [3.8, 4) is 0 Å². The molecule has 0 nitrogen and oxygen atoms in total. The molecule has 0 bridgehead atoms. The van der Waals surface area contributed by atoms with Gasteiger partial charge < -0.3 is 0 Å². The second-order valence-corrected chi connectivity index (χ2v) is 5.23. The number of hydrogen-bond donors (Lipinski definition) is 2. The highest BCUT2D eigenvalue weighted by molar-refractivity contribution is 7.81. The molecule has 0 aromatic rings. The molecule has 1 unspecified atom stereocenters. The minimum Gasteiger partial charge on any atom is -0.179 e. The topological polar surface area (TPSA) is 0 Å². The Morgan fingerprint density at radius 3 is 1.17 bits per heavy atom. The molecule has 2 heteroatoms. The van der Waals surface area contributed by atoms with Gasteiger partial charge in [0.1, 0.15) is 0 Å². The number of thiol groups is 2. The fourth-order valence-electron chi connectivity index (χ4n) is 1.58. The van der Waals surface area contributed by atoms with Gasteiger partial charge in [0.15, 0.2) is 0 Å². The molecule has 0 aliphatic carbocycles. The Kier molecular flexibility index (Phi) is 174. The van der Waals surface area contributed by atoms with Gasteiger partial charge in [-0.2, -0.15) is 25.3 Å². The zero-order valence-electron chi connectivity index (χ0n) is 11.5. The SMILES string of the molecule is C.C.C.C.C.C.C.C.CC.CCC(S)CCCCCCCCCS. The first kappa shape index (κ1) is 64.2. The molecular weight excluding hydrogens is 328 g/mol. The second-order valence-electron chi connectivity index (χ2n) is 4.05. The molecule has 0 aromatic carbocycles. The van der Waals surface area contributed by atoms with Gasteiger partial charge in [-0.3, -0.25) is 0 Å². The normalized spacial score (nSPS) is 7.88. The number of rotatable bonds is 10. The van der Waals surface area contributed by atoms with Crippen molar-refractivity contribution in [1.82, 2.24) is 0 Å². The van der Waals surface area contributed by atoms with Crippen LogP contribution in [0.5, 0.6) is 0 Å². The minimum atomic E-state index is 0. The van der Waals surface area contributed by atoms with Gasteiger partial charge in [-0.25, -0.2) is 0 Å². The van der Waals surface area contributed by atoms with E-state index in [1.807, 2.05) is 13.8 Å². The monoisotopic (exact) mass is 392 g/mol. The van der Waals surface area contributed by atoms with Crippen LogP contribution in [0, 0.1) is 0 Å². The van der Waals surface area contributed by atoms with E-state index >= 15 is 0 Å². The molecule has 164 valence electrons. The van der Waals surface area contributed by atoms with Crippen molar-refractivity contribution in [1.29, 1.82) is 0 Å². The lowest BCUT2D eigenvalue weighted by atomic mass is 10.1. The van der Waals surface area contributed by atoms with Crippen LogP contribution in [0.15, 0.2) is 0 Å². The lowest BCUT2D eigenvalue weighted by Gasteiger charge is -2.06. The first-order valence-corrected chi connectivity index (χ1v) is 8.25. The lowest BCUT2D eigenvalue weighted by molar-refractivity contribution is 0.568. The molecule has 0 fully saturated rings. The Hall–Kier alpha value is 0.700. The summed E-state index contributed by atoms with van der Waals surface area (Å²) < 4.78 is 0. The molecule has 0 aromatic heterocycles. The van der Waals surface area contributed by atoms with Crippen LogP contribution in [-0.4, -0.2) is 11.0 Å². The quantitative estimate of drug-likeness (QED) is 0.268. The van der Waals surface area contributed by atoms with Crippen LogP contribution in [0.25, 0.3) is 0 Å². The van der Waals surface area contributed by atoms with Gasteiger partial charge in [-0.1, -0.05) is 119 Å². The van der Waals surface area contributed by atoms with Crippen molar-refractivity contribution in [2.45, 2.75) is 143 Å². The maximum absolute atomic E-state index is 4.49. The molecule has 24 heavy (non-hydrogen) atoms. The summed E-state index contributed by atoms with van der Waals surface area (Å²) in [5.74, 6) is 1.05. The summed E-state index contributed by atoms with van der Waals surface area (Å²) in [6.07, 6.45) is 12.2. The van der Waals surface area contributed by atoms with Crippen molar-refractivity contribution >= 4 is 25.3 Å². The first-order chi connectivity index (χ1) is 7.81. The summed E-state index contributed by atoms with van der Waals surface area (Å²) in [5, 5.41) is 0.638. The summed E-state index contributed by atoms with van der Waals surface area (Å²) in [5.41, 5.74) is 0. The average Bonchev–Trinajstić information content (AvgIpc) is 2.34. The fraction of sp³-hybridized carbons (Fsp3) is 1.00. The van der Waals surface area contributed by atoms with Crippen molar-refractivity contribution in [2.24, 2.45) is 0 Å². The molecule has 0 radical (unpaired) electrons. The molecule has 0 amide bonds. The van der Waals surface area contributed by atoms with Gasteiger partial charge in [0.25, 0.3) is 0 Å². The van der Waals surface area contributed by atoms with Gasteiger partial charge in [-0.05, 0) is 25.0 Å². The predicted octanol–water partition coefficient (Wildman–Crippen LogP) is 10.9. The molecule has 0 saturated heterocycles. The molecular formula is C22H64S2. The predicted molar refractivity (Wildman–Crippen MR) is 139 cm³/mol. The van der Waals surface area contributed by atoms with Crippen molar-refractivity contribution < 1.29 is 0 Å². The van der Waals surface area contributed by atoms with Gasteiger partial charge >= 0.3 is 0 Å². The Bertz CT molecular complexity index is 106. The van der Waals surface area contributed by atoms with Crippen LogP contribution in [-0.2, 0) is 0 Å². The van der Waals surface area contributed by atoms with E-state index in [9.17, 15) is 0 Å². The molecule has 0 heterocycles. The summed E-state index contributed by atoms with van der Waals surface area (Å²) in [6.45, 7) is 6.22. The Labute approximate surface area is 174 Å². The average molecular weight is 393 g/mol. The van der Waals surface area contributed by atoms with Gasteiger partial charge in [-0.15, -0.1) is 0 Å². The highest BCUT2D eigenvalue weighted by Crippen LogP contribution is 2.13. The lowest BCUT2D eigenvalue weighted by Crippen LogP contribution is -1.95. The highest BCUT2D eigenvalue weighted by Gasteiger charge is 1.98. The molecule has 0 aliphatic heterocycles. The Balaban J connectivity index is -0.0000000235. The molecule has 0 aliphatic rings. The van der Waals surface area contributed by atoms with Crippen LogP contribution in [0.3, 0.4) is 0 Å². The van der Waals surface area contributed by atoms with E-state index in [4.69, 9.17) is 0 Å². The van der Waals surface area contributed by atoms with E-state index in [2.05, 4.69) is 32.2 Å². The summed E-state index contributed by atoms with van der Waals surface area (Å²) in [7, 11) is 0. The van der Waals surface area contributed by atoms with E-state index in [0.717, 1.165) is 5.75 Å². The Morgan fingerprint density at radius 1 is 0.583 bits per heavy atom. The van der Waals surface area contributed by atoms with Crippen LogP contribution in [0.1, 0.15) is 138 Å². The highest BCUT2D eigenvalue weighted by atomic mass is 32.1. The smallest absolute Gasteiger partial charge is 0.00141 e. The standard InChI is InChI=1S/C12H26S2.C2H6.8CH4/c1-2-12(14)10-8-6-4-3-5-7-9-11-13;1-2;;;;;;;;/h12-14H,2-11H2,1H3;1-2H3;8*1H4. The maximum atomic E-state index is 4.49. The van der Waals surface area contributed by atoms with Crippen LogP contribution in [0.4, 0.5) is 0 Å². The summed E-state index contributed by atoms with van der Waals surface area (Å²) in [4.78, 5) is 0. The third-order valence-corrected chi connectivity index (χ3v) is 3.61. The number of hydrogen-bond acceptors (Lipinski definition) is 2. The number of unbranched alkanes of at least 4 members (excludes halogenated alkanes) is 6. The molecule has 1 atom stereocenters.